The van der Waals surface area contributed by atoms with Crippen molar-refractivity contribution in [1.29, 1.82) is 0 Å². The molecule has 1 aliphatic rings. The number of carbonyl (C=O) groups excluding carboxylic acids is 1. The summed E-state index contributed by atoms with van der Waals surface area (Å²) in [6.07, 6.45) is 1.81. The van der Waals surface area contributed by atoms with Crippen LogP contribution in [0.1, 0.15) is 12.5 Å². The van der Waals surface area contributed by atoms with E-state index < -0.39 is 0 Å². The molecule has 1 aromatic carbocycles. The number of hydrogen-bond donors (Lipinski definition) is 0. The van der Waals surface area contributed by atoms with Crippen LogP contribution < -0.4 is 0 Å². The monoisotopic (exact) mass is 203 g/mol. The highest BCUT2D eigenvalue weighted by Crippen LogP contribution is 2.24. The fourth-order valence-corrected chi connectivity index (χ4v) is 1.84. The molecular formula is C11H9NOS. The molecule has 0 saturated carbocycles. The van der Waals surface area contributed by atoms with E-state index in [-0.39, 0.29) is 5.12 Å². The van der Waals surface area contributed by atoms with Crippen LogP contribution >= 0.6 is 11.8 Å². The molecule has 0 aliphatic carbocycles. The second kappa shape index (κ2) is 3.80. The van der Waals surface area contributed by atoms with E-state index in [9.17, 15) is 4.79 Å². The van der Waals surface area contributed by atoms with Crippen molar-refractivity contribution in [2.75, 3.05) is 0 Å². The Morgan fingerprint density at radius 1 is 1.29 bits per heavy atom. The van der Waals surface area contributed by atoms with Crippen molar-refractivity contribution in [3.8, 4) is 0 Å². The summed E-state index contributed by atoms with van der Waals surface area (Å²) in [4.78, 5) is 15.5. The number of nitrogens with zero attached hydrogens (tertiary/aromatic N) is 1. The second-order valence-electron chi connectivity index (χ2n) is 2.96. The van der Waals surface area contributed by atoms with Crippen LogP contribution in [0, 0.1) is 0 Å². The van der Waals surface area contributed by atoms with Gasteiger partial charge in [-0.05, 0) is 30.3 Å². The van der Waals surface area contributed by atoms with Crippen molar-refractivity contribution < 1.29 is 4.79 Å². The molecular weight excluding hydrogens is 194 g/mol. The molecule has 2 rings (SSSR count). The third-order valence-electron chi connectivity index (χ3n) is 1.83. The zero-order valence-corrected chi connectivity index (χ0v) is 8.54. The quantitative estimate of drug-likeness (QED) is 0.657. The van der Waals surface area contributed by atoms with Crippen LogP contribution in [-0.4, -0.2) is 10.2 Å². The smallest absolute Gasteiger partial charge is 0.243 e. The summed E-state index contributed by atoms with van der Waals surface area (Å²) in [5, 5.41) is 0.850. The molecule has 1 heterocycles. The first-order valence-corrected chi connectivity index (χ1v) is 5.11. The molecule has 1 aliphatic heterocycles. The number of thioether (sulfide) groups is 1. The van der Waals surface area contributed by atoms with E-state index in [0.29, 0.717) is 5.70 Å². The first kappa shape index (κ1) is 9.21. The number of aliphatic imine (C=N–C) groups is 1. The van der Waals surface area contributed by atoms with Crippen LogP contribution in [0.15, 0.2) is 41.0 Å². The predicted molar refractivity (Wildman–Crippen MR) is 60.1 cm³/mol. The van der Waals surface area contributed by atoms with Crippen molar-refractivity contribution >= 4 is 28.0 Å². The third-order valence-corrected chi connectivity index (χ3v) is 2.61. The zero-order chi connectivity index (χ0) is 9.97. The molecule has 2 nitrogen and oxygen atoms in total. The molecule has 3 heteroatoms. The molecule has 0 unspecified atom stereocenters. The van der Waals surface area contributed by atoms with E-state index in [1.807, 2.05) is 43.3 Å². The van der Waals surface area contributed by atoms with Gasteiger partial charge in [-0.15, -0.1) is 0 Å². The van der Waals surface area contributed by atoms with Gasteiger partial charge in [-0.25, -0.2) is 4.99 Å². The molecule has 0 spiro atoms. The van der Waals surface area contributed by atoms with Crippen molar-refractivity contribution in [1.82, 2.24) is 0 Å². The molecule has 70 valence electrons. The van der Waals surface area contributed by atoms with Gasteiger partial charge in [-0.2, -0.15) is 0 Å². The van der Waals surface area contributed by atoms with Gasteiger partial charge in [0.05, 0.1) is 5.04 Å². The van der Waals surface area contributed by atoms with Gasteiger partial charge in [0, 0.05) is 0 Å². The maximum atomic E-state index is 11.4. The maximum Gasteiger partial charge on any atom is 0.243 e. The molecule has 0 amide bonds. The summed E-state index contributed by atoms with van der Waals surface area (Å²) < 4.78 is 0. The highest BCUT2D eigenvalue weighted by Gasteiger charge is 2.18. The Labute approximate surface area is 86.7 Å². The second-order valence-corrected chi connectivity index (χ2v) is 4.13. The van der Waals surface area contributed by atoms with Crippen LogP contribution in [0.25, 0.3) is 6.08 Å². The molecule has 0 aromatic heterocycles. The summed E-state index contributed by atoms with van der Waals surface area (Å²) in [6, 6.07) is 9.73. The van der Waals surface area contributed by atoms with E-state index in [1.165, 1.54) is 11.8 Å². The lowest BCUT2D eigenvalue weighted by Gasteiger charge is -1.92. The number of benzene rings is 1. The van der Waals surface area contributed by atoms with Gasteiger partial charge in [0.15, 0.2) is 0 Å². The molecule has 0 N–H and O–H groups in total. The number of carbonyl (C=O) groups is 1. The predicted octanol–water partition coefficient (Wildman–Crippen LogP) is 2.72. The van der Waals surface area contributed by atoms with Crippen molar-refractivity contribution in [3.05, 3.63) is 41.6 Å². The van der Waals surface area contributed by atoms with Gasteiger partial charge >= 0.3 is 0 Å². The molecule has 0 radical (unpaired) electrons. The Kier molecular flexibility index (Phi) is 2.50. The summed E-state index contributed by atoms with van der Waals surface area (Å²) in [7, 11) is 0. The Morgan fingerprint density at radius 3 is 2.57 bits per heavy atom. The molecule has 0 bridgehead atoms. The standard InChI is InChI=1S/C11H9NOS/c1-8-12-10(11(13)14-8)7-9-5-3-2-4-6-9/h2-7H,1H3. The number of hydrogen-bond acceptors (Lipinski definition) is 3. The molecule has 1 aromatic rings. The summed E-state index contributed by atoms with van der Waals surface area (Å²) in [6.45, 7) is 1.84. The van der Waals surface area contributed by atoms with Crippen LogP contribution in [0.5, 0.6) is 0 Å². The minimum atomic E-state index is 0.0337. The van der Waals surface area contributed by atoms with Crippen molar-refractivity contribution in [3.63, 3.8) is 0 Å². The van der Waals surface area contributed by atoms with Crippen LogP contribution in [-0.2, 0) is 4.79 Å². The molecule has 0 fully saturated rings. The summed E-state index contributed by atoms with van der Waals surface area (Å²) in [5.74, 6) is 0. The first-order valence-electron chi connectivity index (χ1n) is 4.30. The topological polar surface area (TPSA) is 29.4 Å². The largest absolute Gasteiger partial charge is 0.279 e. The van der Waals surface area contributed by atoms with Crippen molar-refractivity contribution in [2.45, 2.75) is 6.92 Å². The lowest BCUT2D eigenvalue weighted by atomic mass is 10.2. The average molecular weight is 203 g/mol. The fraction of sp³-hybridized carbons (Fsp3) is 0.0909. The van der Waals surface area contributed by atoms with Crippen LogP contribution in [0.2, 0.25) is 0 Å². The fourth-order valence-electron chi connectivity index (χ4n) is 1.22. The zero-order valence-electron chi connectivity index (χ0n) is 7.73. The third kappa shape index (κ3) is 1.93. The normalized spacial score (nSPS) is 18.8. The van der Waals surface area contributed by atoms with Gasteiger partial charge < -0.3 is 0 Å². The highest BCUT2D eigenvalue weighted by atomic mass is 32.2. The Hall–Kier alpha value is -1.35. The van der Waals surface area contributed by atoms with E-state index >= 15 is 0 Å². The van der Waals surface area contributed by atoms with Gasteiger partial charge in [-0.1, -0.05) is 30.3 Å². The van der Waals surface area contributed by atoms with Crippen LogP contribution in [0.3, 0.4) is 0 Å². The highest BCUT2D eigenvalue weighted by molar-refractivity contribution is 8.27. The maximum absolute atomic E-state index is 11.4. The van der Waals surface area contributed by atoms with Gasteiger partial charge in [-0.3, -0.25) is 4.79 Å². The minimum absolute atomic E-state index is 0.0337. The SMILES string of the molecule is CC1=NC(=Cc2ccccc2)C(=O)S1. The Morgan fingerprint density at radius 2 is 2.00 bits per heavy atom. The average Bonchev–Trinajstić information content (AvgIpc) is 2.47. The van der Waals surface area contributed by atoms with Gasteiger partial charge in [0.1, 0.15) is 5.70 Å². The van der Waals surface area contributed by atoms with E-state index in [2.05, 4.69) is 4.99 Å². The molecule has 0 atom stereocenters. The summed E-state index contributed by atoms with van der Waals surface area (Å²) >= 11 is 1.19. The van der Waals surface area contributed by atoms with E-state index in [1.54, 1.807) is 0 Å². The number of rotatable bonds is 1. The molecule has 0 saturated heterocycles. The van der Waals surface area contributed by atoms with Crippen LogP contribution in [0.4, 0.5) is 0 Å². The first-order chi connectivity index (χ1) is 6.75. The Bertz CT molecular complexity index is 420. The van der Waals surface area contributed by atoms with E-state index in [0.717, 1.165) is 10.6 Å². The van der Waals surface area contributed by atoms with Crippen molar-refractivity contribution in [2.24, 2.45) is 4.99 Å². The lowest BCUT2D eigenvalue weighted by Crippen LogP contribution is -1.87. The molecule has 14 heavy (non-hydrogen) atoms. The summed E-state index contributed by atoms with van der Waals surface area (Å²) in [5.41, 5.74) is 1.55. The lowest BCUT2D eigenvalue weighted by molar-refractivity contribution is -0.107. The minimum Gasteiger partial charge on any atom is -0.279 e. The van der Waals surface area contributed by atoms with Gasteiger partial charge in [0.2, 0.25) is 5.12 Å². The Balaban J connectivity index is 2.32. The van der Waals surface area contributed by atoms with E-state index in [4.69, 9.17) is 0 Å². The van der Waals surface area contributed by atoms with Gasteiger partial charge in [0.25, 0.3) is 0 Å².